The molecule has 0 bridgehead atoms. The van der Waals surface area contributed by atoms with Crippen molar-refractivity contribution in [2.24, 2.45) is 0 Å². The number of aromatic nitrogens is 1. The molecule has 2 heterocycles. The number of ether oxygens (including phenoxy) is 1. The van der Waals surface area contributed by atoms with Crippen LogP contribution >= 0.6 is 11.3 Å². The molecule has 0 aromatic carbocycles. The predicted octanol–water partition coefficient (Wildman–Crippen LogP) is 2.33. The number of hydrogen-bond acceptors (Lipinski definition) is 5. The number of carbonyl (C=O) groups is 1. The van der Waals surface area contributed by atoms with E-state index in [1.807, 2.05) is 11.3 Å². The average Bonchev–Trinajstić information content (AvgIpc) is 3.24. The van der Waals surface area contributed by atoms with Gasteiger partial charge < -0.3 is 10.1 Å². The summed E-state index contributed by atoms with van der Waals surface area (Å²) in [5, 5.41) is 4.44. The Balaban J connectivity index is 1.36. The quantitative estimate of drug-likeness (QED) is 0.872. The topological polar surface area (TPSA) is 54.5 Å². The fraction of sp³-hybridized carbons (Fsp3) is 0.789. The first-order chi connectivity index (χ1) is 12.3. The summed E-state index contributed by atoms with van der Waals surface area (Å²) in [6.45, 7) is 3.97. The first kappa shape index (κ1) is 17.4. The van der Waals surface area contributed by atoms with Gasteiger partial charge in [0.2, 0.25) is 5.91 Å². The molecule has 1 aromatic rings. The van der Waals surface area contributed by atoms with Crippen molar-refractivity contribution in [3.63, 3.8) is 0 Å². The summed E-state index contributed by atoms with van der Waals surface area (Å²) >= 11 is 1.85. The molecule has 0 radical (unpaired) electrons. The maximum absolute atomic E-state index is 13.1. The Labute approximate surface area is 154 Å². The Morgan fingerprint density at radius 3 is 2.72 bits per heavy atom. The monoisotopic (exact) mass is 363 g/mol. The molecule has 2 aliphatic carbocycles. The second-order valence-electron chi connectivity index (χ2n) is 7.53. The van der Waals surface area contributed by atoms with Gasteiger partial charge in [0, 0.05) is 30.9 Å². The van der Waals surface area contributed by atoms with E-state index in [2.05, 4.69) is 10.2 Å². The number of hydrogen-bond donors (Lipinski definition) is 1. The van der Waals surface area contributed by atoms with E-state index in [1.54, 1.807) is 0 Å². The number of nitrogens with zero attached hydrogens (tertiary/aromatic N) is 2. The van der Waals surface area contributed by atoms with Crippen molar-refractivity contribution in [1.82, 2.24) is 15.2 Å². The van der Waals surface area contributed by atoms with Gasteiger partial charge in [0.1, 0.15) is 5.54 Å². The molecule has 2 fully saturated rings. The molecule has 138 valence electrons. The maximum Gasteiger partial charge on any atom is 0.240 e. The van der Waals surface area contributed by atoms with Crippen LogP contribution in [-0.4, -0.2) is 54.2 Å². The van der Waals surface area contributed by atoms with Gasteiger partial charge >= 0.3 is 0 Å². The Bertz CT molecular complexity index is 582. The number of carbonyl (C=O) groups excluding carboxylic acids is 1. The molecule has 1 amide bonds. The lowest BCUT2D eigenvalue weighted by molar-refractivity contribution is -0.140. The number of amides is 1. The largest absolute Gasteiger partial charge is 0.379 e. The van der Waals surface area contributed by atoms with E-state index in [0.717, 1.165) is 64.8 Å². The van der Waals surface area contributed by atoms with Crippen molar-refractivity contribution in [3.05, 3.63) is 15.6 Å². The van der Waals surface area contributed by atoms with Gasteiger partial charge in [-0.2, -0.15) is 0 Å². The summed E-state index contributed by atoms with van der Waals surface area (Å²) < 4.78 is 5.50. The van der Waals surface area contributed by atoms with E-state index in [-0.39, 0.29) is 11.4 Å². The van der Waals surface area contributed by atoms with Crippen molar-refractivity contribution in [2.75, 3.05) is 32.8 Å². The second kappa shape index (κ2) is 7.72. The summed E-state index contributed by atoms with van der Waals surface area (Å²) in [4.78, 5) is 21.7. The van der Waals surface area contributed by atoms with Crippen molar-refractivity contribution in [3.8, 4) is 0 Å². The van der Waals surface area contributed by atoms with E-state index in [9.17, 15) is 4.79 Å². The van der Waals surface area contributed by atoms with Crippen molar-refractivity contribution in [1.29, 1.82) is 0 Å². The van der Waals surface area contributed by atoms with Gasteiger partial charge in [-0.15, -0.1) is 11.3 Å². The highest BCUT2D eigenvalue weighted by molar-refractivity contribution is 7.11. The molecule has 4 rings (SSSR count). The SMILES string of the molecule is O=C(NCCc1nc2c(s1)CCC2)C1(N2CCOCC2)CCCCC1. The van der Waals surface area contributed by atoms with Gasteiger partial charge in [0.15, 0.2) is 0 Å². The lowest BCUT2D eigenvalue weighted by Gasteiger charge is -2.46. The number of thiazole rings is 1. The Kier molecular flexibility index (Phi) is 5.39. The Hall–Kier alpha value is -0.980. The first-order valence-corrected chi connectivity index (χ1v) is 10.7. The standard InChI is InChI=1S/C19H29N3O2S/c23-18(20-10-7-17-21-15-5-4-6-16(15)25-17)19(8-2-1-3-9-19)22-11-13-24-14-12-22/h1-14H2,(H,20,23). The minimum Gasteiger partial charge on any atom is -0.379 e. The summed E-state index contributed by atoms with van der Waals surface area (Å²) in [5.41, 5.74) is 1.01. The molecule has 6 heteroatoms. The van der Waals surface area contributed by atoms with Crippen LogP contribution in [-0.2, 0) is 28.8 Å². The minimum absolute atomic E-state index is 0.234. The first-order valence-electron chi connectivity index (χ1n) is 9.86. The van der Waals surface area contributed by atoms with Crippen LogP contribution in [0.1, 0.15) is 54.1 Å². The van der Waals surface area contributed by atoms with Crippen LogP contribution in [0.2, 0.25) is 0 Å². The van der Waals surface area contributed by atoms with Gasteiger partial charge in [0.05, 0.1) is 23.9 Å². The number of aryl methyl sites for hydroxylation is 2. The lowest BCUT2D eigenvalue weighted by atomic mass is 9.79. The number of morpholine rings is 1. The Morgan fingerprint density at radius 1 is 1.16 bits per heavy atom. The van der Waals surface area contributed by atoms with E-state index in [0.29, 0.717) is 6.54 Å². The third-order valence-corrected chi connectivity index (χ3v) is 7.20. The van der Waals surface area contributed by atoms with Crippen LogP contribution in [0.15, 0.2) is 0 Å². The second-order valence-corrected chi connectivity index (χ2v) is 8.70. The molecule has 1 N–H and O–H groups in total. The highest BCUT2D eigenvalue weighted by Crippen LogP contribution is 2.34. The van der Waals surface area contributed by atoms with Gasteiger partial charge in [0.25, 0.3) is 0 Å². The summed E-state index contributed by atoms with van der Waals surface area (Å²) in [6, 6.07) is 0. The molecule has 5 nitrogen and oxygen atoms in total. The van der Waals surface area contributed by atoms with Gasteiger partial charge in [-0.05, 0) is 32.1 Å². The minimum atomic E-state index is -0.299. The summed E-state index contributed by atoms with van der Waals surface area (Å²) in [5.74, 6) is 0.234. The van der Waals surface area contributed by atoms with Gasteiger partial charge in [-0.1, -0.05) is 19.3 Å². The zero-order valence-electron chi connectivity index (χ0n) is 15.0. The molecule has 3 aliphatic rings. The van der Waals surface area contributed by atoms with Crippen molar-refractivity contribution >= 4 is 17.2 Å². The average molecular weight is 364 g/mol. The number of fused-ring (bicyclic) bond motifs is 1. The molecule has 0 spiro atoms. The van der Waals surface area contributed by atoms with E-state index in [4.69, 9.17) is 9.72 Å². The third kappa shape index (κ3) is 3.62. The smallest absolute Gasteiger partial charge is 0.240 e. The zero-order chi connectivity index (χ0) is 17.1. The summed E-state index contributed by atoms with van der Waals surface area (Å²) in [6.07, 6.45) is 10.0. The van der Waals surface area contributed by atoms with Gasteiger partial charge in [-0.3, -0.25) is 9.69 Å². The van der Waals surface area contributed by atoms with E-state index in [1.165, 1.54) is 34.8 Å². The van der Waals surface area contributed by atoms with Crippen LogP contribution in [0, 0.1) is 0 Å². The molecule has 25 heavy (non-hydrogen) atoms. The molecule has 1 saturated carbocycles. The number of nitrogens with one attached hydrogen (secondary N) is 1. The lowest BCUT2D eigenvalue weighted by Crippen LogP contribution is -2.62. The molecular formula is C19H29N3O2S. The van der Waals surface area contributed by atoms with Crippen LogP contribution in [0.5, 0.6) is 0 Å². The van der Waals surface area contributed by atoms with Crippen molar-refractivity contribution in [2.45, 2.75) is 63.3 Å². The van der Waals surface area contributed by atoms with E-state index >= 15 is 0 Å². The zero-order valence-corrected chi connectivity index (χ0v) is 15.8. The maximum atomic E-state index is 13.1. The fourth-order valence-electron chi connectivity index (χ4n) is 4.61. The van der Waals surface area contributed by atoms with Crippen LogP contribution < -0.4 is 5.32 Å². The molecule has 1 aliphatic heterocycles. The van der Waals surface area contributed by atoms with Crippen LogP contribution in [0.25, 0.3) is 0 Å². The third-order valence-electron chi connectivity index (χ3n) is 5.98. The van der Waals surface area contributed by atoms with E-state index < -0.39 is 0 Å². The molecule has 0 unspecified atom stereocenters. The van der Waals surface area contributed by atoms with Crippen LogP contribution in [0.3, 0.4) is 0 Å². The Morgan fingerprint density at radius 2 is 1.96 bits per heavy atom. The number of rotatable bonds is 5. The van der Waals surface area contributed by atoms with Crippen LogP contribution in [0.4, 0.5) is 0 Å². The van der Waals surface area contributed by atoms with Gasteiger partial charge in [-0.25, -0.2) is 4.98 Å². The molecule has 0 atom stereocenters. The fourth-order valence-corrected chi connectivity index (χ4v) is 5.77. The predicted molar refractivity (Wildman–Crippen MR) is 99.1 cm³/mol. The normalized spacial score (nSPS) is 23.4. The van der Waals surface area contributed by atoms with Crippen molar-refractivity contribution < 1.29 is 9.53 Å². The molecular weight excluding hydrogens is 334 g/mol. The summed E-state index contributed by atoms with van der Waals surface area (Å²) in [7, 11) is 0. The molecule has 1 aromatic heterocycles. The highest BCUT2D eigenvalue weighted by Gasteiger charge is 2.44. The molecule has 1 saturated heterocycles. The highest BCUT2D eigenvalue weighted by atomic mass is 32.1.